The molecule has 29 heavy (non-hydrogen) atoms. The molecule has 0 bridgehead atoms. The minimum atomic E-state index is 0. The van der Waals surface area contributed by atoms with Gasteiger partial charge < -0.3 is 15.2 Å². The van der Waals surface area contributed by atoms with Crippen LogP contribution in [0.4, 0.5) is 0 Å². The van der Waals surface area contributed by atoms with Gasteiger partial charge in [-0.15, -0.1) is 35.3 Å². The third kappa shape index (κ3) is 7.21. The molecule has 7 nitrogen and oxygen atoms in total. The average Bonchev–Trinajstić information content (AvgIpc) is 3.46. The number of thiophene rings is 1. The van der Waals surface area contributed by atoms with Gasteiger partial charge in [0.1, 0.15) is 0 Å². The summed E-state index contributed by atoms with van der Waals surface area (Å²) in [5, 5.41) is 13.1. The third-order valence-electron chi connectivity index (χ3n) is 5.00. The number of likely N-dealkylation sites (tertiary alicyclic amines) is 1. The molecule has 0 spiro atoms. The predicted molar refractivity (Wildman–Crippen MR) is 129 cm³/mol. The van der Waals surface area contributed by atoms with Crippen LogP contribution in [0.25, 0.3) is 0 Å². The number of hydrogen-bond acceptors (Lipinski definition) is 6. The van der Waals surface area contributed by atoms with Crippen molar-refractivity contribution in [2.24, 2.45) is 4.99 Å². The molecule has 162 valence electrons. The second kappa shape index (κ2) is 12.5. The topological polar surface area (TPSA) is 78.6 Å². The first-order chi connectivity index (χ1) is 13.7. The van der Waals surface area contributed by atoms with Crippen LogP contribution in [0.15, 0.2) is 27.0 Å². The van der Waals surface area contributed by atoms with Gasteiger partial charge in [-0.25, -0.2) is 0 Å². The molecule has 1 unspecified atom stereocenters. The first-order valence-corrected chi connectivity index (χ1v) is 11.1. The summed E-state index contributed by atoms with van der Waals surface area (Å²) >= 11 is 1.83. The lowest BCUT2D eigenvalue weighted by molar-refractivity contribution is 0.249. The number of nitrogens with one attached hydrogen (secondary N) is 2. The maximum absolute atomic E-state index is 5.30. The Morgan fingerprint density at radius 3 is 2.72 bits per heavy atom. The molecule has 0 aliphatic carbocycles. The first kappa shape index (κ1) is 24.1. The summed E-state index contributed by atoms with van der Waals surface area (Å²) < 4.78 is 5.30. The molecule has 3 rings (SSSR count). The molecule has 0 amide bonds. The van der Waals surface area contributed by atoms with Crippen LogP contribution in [0.3, 0.4) is 0 Å². The zero-order valence-corrected chi connectivity index (χ0v) is 20.7. The van der Waals surface area contributed by atoms with Crippen LogP contribution >= 0.6 is 35.3 Å². The molecule has 1 aliphatic rings. The molecular formula is C20H33IN6OS. The third-order valence-corrected chi connectivity index (χ3v) is 5.97. The zero-order valence-electron chi connectivity index (χ0n) is 17.6. The van der Waals surface area contributed by atoms with E-state index in [2.05, 4.69) is 62.0 Å². The van der Waals surface area contributed by atoms with Crippen LogP contribution in [-0.4, -0.2) is 54.2 Å². The lowest BCUT2D eigenvalue weighted by Crippen LogP contribution is -2.42. The Hall–Kier alpha value is -1.20. The average molecular weight is 532 g/mol. The van der Waals surface area contributed by atoms with Gasteiger partial charge in [0, 0.05) is 37.4 Å². The maximum Gasteiger partial charge on any atom is 0.226 e. The van der Waals surface area contributed by atoms with E-state index in [4.69, 9.17) is 4.52 Å². The van der Waals surface area contributed by atoms with E-state index in [0.29, 0.717) is 17.9 Å². The molecule has 2 N–H and O–H groups in total. The highest BCUT2D eigenvalue weighted by molar-refractivity contribution is 14.0. The quantitative estimate of drug-likeness (QED) is 0.222. The molecule has 3 heterocycles. The fraction of sp³-hybridized carbons (Fsp3) is 0.650. The second-order valence-corrected chi connectivity index (χ2v) is 8.44. The Balaban J connectivity index is 0.00000300. The maximum atomic E-state index is 5.30. The summed E-state index contributed by atoms with van der Waals surface area (Å²) in [5.41, 5.74) is 0. The van der Waals surface area contributed by atoms with Gasteiger partial charge in [-0.05, 0) is 43.8 Å². The second-order valence-electron chi connectivity index (χ2n) is 7.46. The van der Waals surface area contributed by atoms with E-state index < -0.39 is 0 Å². The molecule has 0 radical (unpaired) electrons. The fourth-order valence-corrected chi connectivity index (χ4v) is 4.27. The van der Waals surface area contributed by atoms with E-state index >= 15 is 0 Å². The van der Waals surface area contributed by atoms with Crippen LogP contribution in [0.1, 0.15) is 61.7 Å². The predicted octanol–water partition coefficient (Wildman–Crippen LogP) is 3.81. The number of aliphatic imine (C=N–C) groups is 1. The molecule has 2 aromatic heterocycles. The molecular weight excluding hydrogens is 499 g/mol. The van der Waals surface area contributed by atoms with Gasteiger partial charge in [-0.1, -0.05) is 25.1 Å². The van der Waals surface area contributed by atoms with Gasteiger partial charge >= 0.3 is 0 Å². The number of halogens is 1. The molecule has 0 aromatic carbocycles. The normalized spacial score (nSPS) is 16.1. The van der Waals surface area contributed by atoms with Crippen LogP contribution in [0, 0.1) is 0 Å². The Morgan fingerprint density at radius 1 is 1.31 bits per heavy atom. The Morgan fingerprint density at radius 2 is 2.10 bits per heavy atom. The number of rotatable bonds is 9. The summed E-state index contributed by atoms with van der Waals surface area (Å²) in [6, 6.07) is 4.79. The van der Waals surface area contributed by atoms with Crippen molar-refractivity contribution in [3.8, 4) is 0 Å². The van der Waals surface area contributed by atoms with Gasteiger partial charge in [-0.3, -0.25) is 9.89 Å². The number of hydrogen-bond donors (Lipinski definition) is 2. The van der Waals surface area contributed by atoms with Crippen molar-refractivity contribution in [2.45, 2.75) is 51.5 Å². The standard InChI is InChI=1S/C20H32N6OS.HI/c1-15(2)19-24-18(27-25-19)9-6-10-22-20(21-3)23-14-16(17-8-7-13-28-17)26-11-4-5-12-26;/h7-8,13,15-16H,4-6,9-12,14H2,1-3H3,(H2,21,22,23);1H. The van der Waals surface area contributed by atoms with E-state index in [0.717, 1.165) is 37.7 Å². The minimum Gasteiger partial charge on any atom is -0.356 e. The van der Waals surface area contributed by atoms with Gasteiger partial charge in [-0.2, -0.15) is 4.98 Å². The smallest absolute Gasteiger partial charge is 0.226 e. The Labute approximate surface area is 194 Å². The highest BCUT2D eigenvalue weighted by atomic mass is 127. The van der Waals surface area contributed by atoms with E-state index in [9.17, 15) is 0 Å². The van der Waals surface area contributed by atoms with Crippen LogP contribution in [0.5, 0.6) is 0 Å². The summed E-state index contributed by atoms with van der Waals surface area (Å²) in [4.78, 5) is 12.8. The summed E-state index contributed by atoms with van der Waals surface area (Å²) in [6.45, 7) is 8.17. The van der Waals surface area contributed by atoms with Crippen molar-refractivity contribution in [2.75, 3.05) is 33.2 Å². The van der Waals surface area contributed by atoms with Crippen molar-refractivity contribution in [3.05, 3.63) is 34.1 Å². The van der Waals surface area contributed by atoms with Crippen LogP contribution in [0.2, 0.25) is 0 Å². The van der Waals surface area contributed by atoms with Crippen molar-refractivity contribution in [3.63, 3.8) is 0 Å². The van der Waals surface area contributed by atoms with E-state index in [-0.39, 0.29) is 24.0 Å². The van der Waals surface area contributed by atoms with E-state index in [1.807, 2.05) is 18.4 Å². The molecule has 1 atom stereocenters. The minimum absolute atomic E-state index is 0. The Kier molecular flexibility index (Phi) is 10.4. The van der Waals surface area contributed by atoms with Gasteiger partial charge in [0.2, 0.25) is 5.89 Å². The van der Waals surface area contributed by atoms with Crippen LogP contribution < -0.4 is 10.6 Å². The lowest BCUT2D eigenvalue weighted by Gasteiger charge is -2.27. The summed E-state index contributed by atoms with van der Waals surface area (Å²) in [6.07, 6.45) is 4.28. The highest BCUT2D eigenvalue weighted by Crippen LogP contribution is 2.27. The zero-order chi connectivity index (χ0) is 19.8. The van der Waals surface area contributed by atoms with Crippen molar-refractivity contribution >= 4 is 41.3 Å². The Bertz CT molecular complexity index is 727. The fourth-order valence-electron chi connectivity index (χ4n) is 3.41. The van der Waals surface area contributed by atoms with Crippen molar-refractivity contribution < 1.29 is 4.52 Å². The number of nitrogens with zero attached hydrogens (tertiary/aromatic N) is 4. The molecule has 1 aliphatic heterocycles. The van der Waals surface area contributed by atoms with E-state index in [1.54, 1.807) is 0 Å². The molecule has 0 saturated carbocycles. The van der Waals surface area contributed by atoms with Gasteiger partial charge in [0.05, 0.1) is 6.04 Å². The van der Waals surface area contributed by atoms with E-state index in [1.165, 1.54) is 30.8 Å². The largest absolute Gasteiger partial charge is 0.356 e. The van der Waals surface area contributed by atoms with Crippen LogP contribution in [-0.2, 0) is 6.42 Å². The van der Waals surface area contributed by atoms with Crippen molar-refractivity contribution in [1.29, 1.82) is 0 Å². The highest BCUT2D eigenvalue weighted by Gasteiger charge is 2.24. The molecule has 1 saturated heterocycles. The SMILES string of the molecule is CN=C(NCCCc1nc(C(C)C)no1)NCC(c1cccs1)N1CCCC1.I. The van der Waals surface area contributed by atoms with Gasteiger partial charge in [0.15, 0.2) is 11.8 Å². The number of aryl methyl sites for hydroxylation is 1. The number of aromatic nitrogens is 2. The lowest BCUT2D eigenvalue weighted by atomic mass is 10.2. The van der Waals surface area contributed by atoms with Crippen molar-refractivity contribution in [1.82, 2.24) is 25.7 Å². The summed E-state index contributed by atoms with van der Waals surface area (Å²) in [5.74, 6) is 2.63. The first-order valence-electron chi connectivity index (χ1n) is 10.2. The molecule has 1 fully saturated rings. The van der Waals surface area contributed by atoms with Gasteiger partial charge in [0.25, 0.3) is 0 Å². The monoisotopic (exact) mass is 532 g/mol. The molecule has 2 aromatic rings. The number of guanidine groups is 1. The molecule has 9 heteroatoms. The summed E-state index contributed by atoms with van der Waals surface area (Å²) in [7, 11) is 1.82.